The Labute approximate surface area is 83.1 Å². The molecule has 64 valence electrons. The second-order valence-electron chi connectivity index (χ2n) is 2.65. The number of nitrogens with zero attached hydrogens (tertiary/aromatic N) is 2. The van der Waals surface area contributed by atoms with Gasteiger partial charge in [-0.15, -0.1) is 0 Å². The summed E-state index contributed by atoms with van der Waals surface area (Å²) >= 11 is 3.07. The van der Waals surface area contributed by atoms with E-state index in [-0.39, 0.29) is 11.7 Å². The third kappa shape index (κ3) is 1.16. The molecule has 1 heterocycles. The van der Waals surface area contributed by atoms with Crippen LogP contribution in [-0.4, -0.2) is 5.84 Å². The Balaban J connectivity index is 2.70. The van der Waals surface area contributed by atoms with E-state index in [0.717, 1.165) is 5.56 Å². The minimum absolute atomic E-state index is 0.175. The summed E-state index contributed by atoms with van der Waals surface area (Å²) in [5.74, 6) is -0.210. The number of rotatable bonds is 0. The maximum absolute atomic E-state index is 13.5. The molecular weight excluding hydrogens is 235 g/mol. The third-order valence-corrected chi connectivity index (χ3v) is 2.52. The van der Waals surface area contributed by atoms with Gasteiger partial charge in [-0.2, -0.15) is 4.99 Å². The maximum atomic E-state index is 13.5. The summed E-state index contributed by atoms with van der Waals surface area (Å²) in [6.07, 6.45) is 0. The van der Waals surface area contributed by atoms with Crippen LogP contribution in [0.25, 0.3) is 4.85 Å². The number of halogens is 2. The van der Waals surface area contributed by atoms with Gasteiger partial charge >= 0.3 is 0 Å². The van der Waals surface area contributed by atoms with Gasteiger partial charge < -0.3 is 4.85 Å². The molecule has 0 N–H and O–H groups in total. The molecule has 0 aromatic heterocycles. The molecule has 4 heteroatoms. The second kappa shape index (κ2) is 2.93. The summed E-state index contributed by atoms with van der Waals surface area (Å²) in [5.41, 5.74) is 1.14. The number of hydrogen-bond donors (Lipinski definition) is 0. The van der Waals surface area contributed by atoms with Gasteiger partial charge in [0.1, 0.15) is 12.4 Å². The van der Waals surface area contributed by atoms with Crippen LogP contribution in [0.5, 0.6) is 0 Å². The van der Waals surface area contributed by atoms with Crippen LogP contribution in [0, 0.1) is 12.4 Å². The fraction of sp³-hybridized carbons (Fsp3) is 0.111. The lowest BCUT2D eigenvalue weighted by Gasteiger charge is -2.01. The Morgan fingerprint density at radius 3 is 3.00 bits per heavy atom. The van der Waals surface area contributed by atoms with Crippen LogP contribution in [0.2, 0.25) is 0 Å². The van der Waals surface area contributed by atoms with Crippen LogP contribution in [0.1, 0.15) is 11.1 Å². The van der Waals surface area contributed by atoms with E-state index in [1.165, 1.54) is 0 Å². The lowest BCUT2D eigenvalue weighted by Crippen LogP contribution is -1.97. The maximum Gasteiger partial charge on any atom is 0.275 e. The van der Waals surface area contributed by atoms with Crippen molar-refractivity contribution < 1.29 is 4.39 Å². The van der Waals surface area contributed by atoms with E-state index < -0.39 is 0 Å². The molecule has 0 saturated heterocycles. The SMILES string of the molecule is [C-]#[N+]C1=NCc2ccc(Br)c(F)c21. The summed E-state index contributed by atoms with van der Waals surface area (Å²) in [6, 6.07) is 3.42. The van der Waals surface area contributed by atoms with E-state index in [9.17, 15) is 4.39 Å². The zero-order valence-corrected chi connectivity index (χ0v) is 8.10. The van der Waals surface area contributed by atoms with Crippen LogP contribution >= 0.6 is 15.9 Å². The molecular formula is C9H4BrFN2. The van der Waals surface area contributed by atoms with Crippen LogP contribution < -0.4 is 0 Å². The Bertz CT molecular complexity index is 446. The van der Waals surface area contributed by atoms with Crippen LogP contribution in [0.4, 0.5) is 4.39 Å². The van der Waals surface area contributed by atoms with Gasteiger partial charge in [0.15, 0.2) is 0 Å². The van der Waals surface area contributed by atoms with Crippen molar-refractivity contribution >= 4 is 21.8 Å². The highest BCUT2D eigenvalue weighted by Gasteiger charge is 2.22. The van der Waals surface area contributed by atoms with E-state index in [1.807, 2.05) is 0 Å². The molecule has 13 heavy (non-hydrogen) atoms. The van der Waals surface area contributed by atoms with Gasteiger partial charge in [0.05, 0.1) is 4.47 Å². The molecule has 2 rings (SSSR count). The zero-order valence-electron chi connectivity index (χ0n) is 6.51. The highest BCUT2D eigenvalue weighted by atomic mass is 79.9. The highest BCUT2D eigenvalue weighted by Crippen LogP contribution is 2.27. The van der Waals surface area contributed by atoms with Gasteiger partial charge in [0.25, 0.3) is 5.84 Å². The fourth-order valence-electron chi connectivity index (χ4n) is 1.29. The largest absolute Gasteiger partial charge is 0.360 e. The normalized spacial score (nSPS) is 13.5. The Hall–Kier alpha value is -1.21. The summed E-state index contributed by atoms with van der Waals surface area (Å²) in [5, 5.41) is 0. The number of fused-ring (bicyclic) bond motifs is 1. The second-order valence-corrected chi connectivity index (χ2v) is 3.50. The number of benzene rings is 1. The minimum Gasteiger partial charge on any atom is -0.360 e. The Morgan fingerprint density at radius 1 is 1.54 bits per heavy atom. The molecule has 1 aliphatic heterocycles. The van der Waals surface area contributed by atoms with Gasteiger partial charge in [-0.05, 0) is 27.6 Å². The van der Waals surface area contributed by atoms with Gasteiger partial charge in [-0.25, -0.2) is 4.39 Å². The number of amidine groups is 1. The quantitative estimate of drug-likeness (QED) is 0.619. The predicted octanol–water partition coefficient (Wildman–Crippen LogP) is 2.77. The first-order valence-electron chi connectivity index (χ1n) is 3.63. The van der Waals surface area contributed by atoms with E-state index in [4.69, 9.17) is 6.57 Å². The fourth-order valence-corrected chi connectivity index (χ4v) is 1.62. The van der Waals surface area contributed by atoms with Crippen molar-refractivity contribution in [3.8, 4) is 0 Å². The zero-order chi connectivity index (χ0) is 9.42. The van der Waals surface area contributed by atoms with Crippen molar-refractivity contribution in [2.75, 3.05) is 0 Å². The van der Waals surface area contributed by atoms with Crippen molar-refractivity contribution in [2.45, 2.75) is 6.54 Å². The average Bonchev–Trinajstić information content (AvgIpc) is 2.55. The molecule has 2 nitrogen and oxygen atoms in total. The molecule has 1 aromatic rings. The first-order chi connectivity index (χ1) is 6.24. The van der Waals surface area contributed by atoms with E-state index in [2.05, 4.69) is 25.8 Å². The van der Waals surface area contributed by atoms with Crippen molar-refractivity contribution in [2.24, 2.45) is 4.99 Å². The molecule has 0 spiro atoms. The van der Waals surface area contributed by atoms with E-state index in [0.29, 0.717) is 16.6 Å². The lowest BCUT2D eigenvalue weighted by atomic mass is 10.1. The molecule has 1 aliphatic rings. The average molecular weight is 239 g/mol. The summed E-state index contributed by atoms with van der Waals surface area (Å²) in [6.45, 7) is 7.22. The molecule has 0 aliphatic carbocycles. The molecule has 0 radical (unpaired) electrons. The van der Waals surface area contributed by atoms with Crippen LogP contribution in [0.15, 0.2) is 21.6 Å². The number of aliphatic imine (C=N–C) groups is 1. The first kappa shape index (κ1) is 8.39. The molecule has 0 bridgehead atoms. The van der Waals surface area contributed by atoms with E-state index in [1.54, 1.807) is 12.1 Å². The number of hydrogen-bond acceptors (Lipinski definition) is 1. The van der Waals surface area contributed by atoms with Crippen LogP contribution in [-0.2, 0) is 6.54 Å². The van der Waals surface area contributed by atoms with Gasteiger partial charge in [-0.1, -0.05) is 12.6 Å². The molecule has 0 amide bonds. The van der Waals surface area contributed by atoms with Gasteiger partial charge in [0, 0.05) is 5.56 Å². The monoisotopic (exact) mass is 238 g/mol. The molecule has 0 unspecified atom stereocenters. The van der Waals surface area contributed by atoms with Crippen molar-refractivity contribution in [3.05, 3.63) is 45.0 Å². The summed E-state index contributed by atoms with van der Waals surface area (Å²) < 4.78 is 13.8. The molecule has 1 aromatic carbocycles. The summed E-state index contributed by atoms with van der Waals surface area (Å²) in [7, 11) is 0. The van der Waals surface area contributed by atoms with Gasteiger partial charge in [0.2, 0.25) is 0 Å². The topological polar surface area (TPSA) is 16.7 Å². The minimum atomic E-state index is -0.384. The molecule has 0 atom stereocenters. The molecule has 0 saturated carbocycles. The van der Waals surface area contributed by atoms with Crippen molar-refractivity contribution in [1.82, 2.24) is 0 Å². The first-order valence-corrected chi connectivity index (χ1v) is 4.42. The smallest absolute Gasteiger partial charge is 0.275 e. The highest BCUT2D eigenvalue weighted by molar-refractivity contribution is 9.10. The molecule has 0 fully saturated rings. The van der Waals surface area contributed by atoms with Gasteiger partial charge in [-0.3, -0.25) is 0 Å². The standard InChI is InChI=1S/C9H4BrFN2/c1-12-9-7-5(4-13-9)2-3-6(10)8(7)11/h2-3H,4H2. The summed E-state index contributed by atoms with van der Waals surface area (Å²) in [4.78, 5) is 7.10. The van der Waals surface area contributed by atoms with Crippen molar-refractivity contribution in [3.63, 3.8) is 0 Å². The van der Waals surface area contributed by atoms with Crippen LogP contribution in [0.3, 0.4) is 0 Å². The third-order valence-electron chi connectivity index (χ3n) is 1.91. The lowest BCUT2D eigenvalue weighted by molar-refractivity contribution is 0.618. The van der Waals surface area contributed by atoms with E-state index >= 15 is 0 Å². The van der Waals surface area contributed by atoms with Crippen molar-refractivity contribution in [1.29, 1.82) is 0 Å². The Morgan fingerprint density at radius 2 is 2.31 bits per heavy atom. The Kier molecular flexibility index (Phi) is 1.89. The predicted molar refractivity (Wildman–Crippen MR) is 50.9 cm³/mol.